The van der Waals surface area contributed by atoms with E-state index >= 15 is 0 Å². The molecule has 0 fully saturated rings. The van der Waals surface area contributed by atoms with Crippen LogP contribution < -0.4 is 5.73 Å². The highest BCUT2D eigenvalue weighted by molar-refractivity contribution is 5.28. The maximum atomic E-state index is 12.6. The quantitative estimate of drug-likeness (QED) is 0.861. The van der Waals surface area contributed by atoms with Crippen LogP contribution in [0.4, 0.5) is 13.2 Å². The van der Waals surface area contributed by atoms with E-state index in [2.05, 4.69) is 11.8 Å². The molecule has 0 aliphatic carbocycles. The summed E-state index contributed by atoms with van der Waals surface area (Å²) >= 11 is 0. The minimum absolute atomic E-state index is 0.399. The van der Waals surface area contributed by atoms with Crippen LogP contribution in [-0.4, -0.2) is 25.0 Å². The number of likely N-dealkylation sites (N-methyl/N-ethyl adjacent to an activating group) is 1. The van der Waals surface area contributed by atoms with Crippen LogP contribution in [0.15, 0.2) is 24.3 Å². The van der Waals surface area contributed by atoms with E-state index in [0.29, 0.717) is 12.1 Å². The molecule has 2 nitrogen and oxygen atoms in total. The highest BCUT2D eigenvalue weighted by Gasteiger charge is 2.30. The number of halogens is 3. The van der Waals surface area contributed by atoms with E-state index in [1.54, 1.807) is 6.07 Å². The predicted octanol–water partition coefficient (Wildman–Crippen LogP) is 3.44. The molecule has 0 saturated heterocycles. The highest BCUT2D eigenvalue weighted by Crippen LogP contribution is 2.30. The van der Waals surface area contributed by atoms with E-state index in [4.69, 9.17) is 5.73 Å². The molecule has 1 rings (SSSR count). The second-order valence-corrected chi connectivity index (χ2v) is 4.85. The van der Waals surface area contributed by atoms with Gasteiger partial charge in [-0.2, -0.15) is 13.2 Å². The minimum Gasteiger partial charge on any atom is -0.323 e. The van der Waals surface area contributed by atoms with Gasteiger partial charge in [0, 0.05) is 12.6 Å². The number of alkyl halides is 3. The monoisotopic (exact) mass is 274 g/mol. The molecule has 19 heavy (non-hydrogen) atoms. The Labute approximate surface area is 112 Å². The molecule has 0 heterocycles. The third kappa shape index (κ3) is 5.20. The van der Waals surface area contributed by atoms with Crippen LogP contribution in [0.25, 0.3) is 0 Å². The summed E-state index contributed by atoms with van der Waals surface area (Å²) in [7, 11) is 1.93. The van der Waals surface area contributed by atoms with Crippen LogP contribution in [0.5, 0.6) is 0 Å². The number of benzene rings is 1. The summed E-state index contributed by atoms with van der Waals surface area (Å²) in [5.74, 6) is 0. The maximum absolute atomic E-state index is 12.6. The Kier molecular flexibility index (Phi) is 5.82. The van der Waals surface area contributed by atoms with E-state index in [1.807, 2.05) is 7.05 Å². The molecule has 1 atom stereocenters. The molecule has 0 aliphatic rings. The van der Waals surface area contributed by atoms with Gasteiger partial charge < -0.3 is 10.6 Å². The molecule has 0 aromatic heterocycles. The zero-order valence-electron chi connectivity index (χ0n) is 11.4. The predicted molar refractivity (Wildman–Crippen MR) is 70.8 cm³/mol. The van der Waals surface area contributed by atoms with Crippen LogP contribution in [0.3, 0.4) is 0 Å². The van der Waals surface area contributed by atoms with Crippen molar-refractivity contribution in [2.45, 2.75) is 32.0 Å². The number of nitrogens with zero attached hydrogens (tertiary/aromatic N) is 1. The van der Waals surface area contributed by atoms with Gasteiger partial charge in [0.1, 0.15) is 0 Å². The Balaban J connectivity index is 2.69. The van der Waals surface area contributed by atoms with E-state index < -0.39 is 17.8 Å². The molecule has 0 radical (unpaired) electrons. The Bertz CT molecular complexity index is 391. The lowest BCUT2D eigenvalue weighted by Crippen LogP contribution is -2.30. The first kappa shape index (κ1) is 16.0. The lowest BCUT2D eigenvalue weighted by molar-refractivity contribution is -0.137. The van der Waals surface area contributed by atoms with Crippen molar-refractivity contribution in [2.75, 3.05) is 20.1 Å². The van der Waals surface area contributed by atoms with Crippen molar-refractivity contribution in [3.05, 3.63) is 35.4 Å². The zero-order valence-corrected chi connectivity index (χ0v) is 11.4. The van der Waals surface area contributed by atoms with Gasteiger partial charge in [-0.1, -0.05) is 25.5 Å². The van der Waals surface area contributed by atoms with E-state index in [1.165, 1.54) is 6.07 Å². The molecular formula is C14H21F3N2. The number of nitrogens with two attached hydrogens (primary N) is 1. The maximum Gasteiger partial charge on any atom is 0.416 e. The van der Waals surface area contributed by atoms with Gasteiger partial charge in [-0.3, -0.25) is 0 Å². The summed E-state index contributed by atoms with van der Waals surface area (Å²) in [5.41, 5.74) is 5.85. The summed E-state index contributed by atoms with van der Waals surface area (Å²) < 4.78 is 37.8. The van der Waals surface area contributed by atoms with Crippen molar-refractivity contribution in [1.82, 2.24) is 4.90 Å². The number of rotatable bonds is 6. The van der Waals surface area contributed by atoms with Gasteiger partial charge in [0.25, 0.3) is 0 Å². The van der Waals surface area contributed by atoms with Crippen LogP contribution in [0.1, 0.15) is 36.9 Å². The van der Waals surface area contributed by atoms with Crippen LogP contribution in [0, 0.1) is 0 Å². The summed E-state index contributed by atoms with van der Waals surface area (Å²) in [4.78, 5) is 2.05. The first-order valence-electron chi connectivity index (χ1n) is 6.46. The van der Waals surface area contributed by atoms with Gasteiger partial charge in [0.05, 0.1) is 5.56 Å². The molecule has 1 aromatic rings. The van der Waals surface area contributed by atoms with E-state index in [9.17, 15) is 13.2 Å². The van der Waals surface area contributed by atoms with Gasteiger partial charge >= 0.3 is 6.18 Å². The smallest absolute Gasteiger partial charge is 0.323 e. The summed E-state index contributed by atoms with van der Waals surface area (Å²) in [6.07, 6.45) is -2.17. The first-order chi connectivity index (χ1) is 8.84. The Morgan fingerprint density at radius 1 is 1.32 bits per heavy atom. The Hall–Kier alpha value is -1.07. The number of unbranched alkanes of at least 4 members (excludes halogenated alkanes) is 1. The minimum atomic E-state index is -4.32. The largest absolute Gasteiger partial charge is 0.416 e. The first-order valence-corrected chi connectivity index (χ1v) is 6.46. The van der Waals surface area contributed by atoms with Crippen molar-refractivity contribution < 1.29 is 13.2 Å². The second kappa shape index (κ2) is 6.91. The van der Waals surface area contributed by atoms with Gasteiger partial charge in [-0.15, -0.1) is 0 Å². The molecule has 5 heteroatoms. The third-order valence-electron chi connectivity index (χ3n) is 3.04. The lowest BCUT2D eigenvalue weighted by atomic mass is 10.0. The highest BCUT2D eigenvalue weighted by atomic mass is 19.4. The standard InChI is InChI=1S/C14H21F3N2/c1-3-4-8-19(2)10-13(18)11-6-5-7-12(9-11)14(15,16)17/h5-7,9,13H,3-4,8,10,18H2,1-2H3. The summed E-state index contributed by atoms with van der Waals surface area (Å²) in [6.45, 7) is 3.56. The Morgan fingerprint density at radius 3 is 2.58 bits per heavy atom. The Morgan fingerprint density at radius 2 is 2.00 bits per heavy atom. The van der Waals surface area contributed by atoms with Gasteiger partial charge in [-0.05, 0) is 37.7 Å². The summed E-state index contributed by atoms with van der Waals surface area (Å²) in [5, 5.41) is 0. The number of hydrogen-bond acceptors (Lipinski definition) is 2. The van der Waals surface area contributed by atoms with Crippen LogP contribution in [0.2, 0.25) is 0 Å². The van der Waals surface area contributed by atoms with Crippen molar-refractivity contribution in [2.24, 2.45) is 5.73 Å². The van der Waals surface area contributed by atoms with Crippen molar-refractivity contribution in [3.8, 4) is 0 Å². The fraction of sp³-hybridized carbons (Fsp3) is 0.571. The molecule has 0 aliphatic heterocycles. The van der Waals surface area contributed by atoms with Crippen molar-refractivity contribution >= 4 is 0 Å². The SMILES string of the molecule is CCCCN(C)CC(N)c1cccc(C(F)(F)F)c1. The summed E-state index contributed by atoms with van der Waals surface area (Å²) in [6, 6.07) is 4.86. The van der Waals surface area contributed by atoms with Crippen molar-refractivity contribution in [3.63, 3.8) is 0 Å². The molecule has 0 amide bonds. The van der Waals surface area contributed by atoms with Crippen molar-refractivity contribution in [1.29, 1.82) is 0 Å². The molecule has 0 spiro atoms. The average molecular weight is 274 g/mol. The average Bonchev–Trinajstić information content (AvgIpc) is 2.35. The normalized spacial score (nSPS) is 13.8. The fourth-order valence-electron chi connectivity index (χ4n) is 1.91. The molecule has 2 N–H and O–H groups in total. The third-order valence-corrected chi connectivity index (χ3v) is 3.04. The lowest BCUT2D eigenvalue weighted by Gasteiger charge is -2.22. The molecular weight excluding hydrogens is 253 g/mol. The molecule has 0 saturated carbocycles. The van der Waals surface area contributed by atoms with Crippen LogP contribution >= 0.6 is 0 Å². The second-order valence-electron chi connectivity index (χ2n) is 4.85. The van der Waals surface area contributed by atoms with E-state index in [0.717, 1.165) is 31.5 Å². The fourth-order valence-corrected chi connectivity index (χ4v) is 1.91. The van der Waals surface area contributed by atoms with E-state index in [-0.39, 0.29) is 0 Å². The van der Waals surface area contributed by atoms with Gasteiger partial charge in [0.2, 0.25) is 0 Å². The molecule has 1 aromatic carbocycles. The van der Waals surface area contributed by atoms with Gasteiger partial charge in [0.15, 0.2) is 0 Å². The zero-order chi connectivity index (χ0) is 14.5. The van der Waals surface area contributed by atoms with Crippen LogP contribution in [-0.2, 0) is 6.18 Å². The molecule has 108 valence electrons. The molecule has 1 unspecified atom stereocenters. The molecule has 0 bridgehead atoms. The van der Waals surface area contributed by atoms with Gasteiger partial charge in [-0.25, -0.2) is 0 Å². The topological polar surface area (TPSA) is 29.3 Å². The number of hydrogen-bond donors (Lipinski definition) is 1.